The third-order valence-electron chi connectivity index (χ3n) is 2.97. The molecule has 18 heavy (non-hydrogen) atoms. The van der Waals surface area contributed by atoms with Crippen molar-refractivity contribution in [1.29, 1.82) is 5.26 Å². The quantitative estimate of drug-likeness (QED) is 0.774. The van der Waals surface area contributed by atoms with Crippen LogP contribution < -0.4 is 4.74 Å². The fourth-order valence-corrected chi connectivity index (χ4v) is 1.81. The number of ketones is 1. The molecule has 0 amide bonds. The van der Waals surface area contributed by atoms with Crippen molar-refractivity contribution in [1.82, 2.24) is 0 Å². The van der Waals surface area contributed by atoms with Crippen molar-refractivity contribution in [2.75, 3.05) is 7.11 Å². The number of carbonyl (C=O) groups excluding carboxylic acids is 1. The monoisotopic (exact) mass is 245 g/mol. The predicted molar refractivity (Wildman–Crippen MR) is 70.3 cm³/mol. The summed E-state index contributed by atoms with van der Waals surface area (Å²) in [6.07, 6.45) is 1.09. The molecule has 0 N–H and O–H groups in total. The van der Waals surface area contributed by atoms with Crippen molar-refractivity contribution in [3.8, 4) is 11.8 Å². The standard InChI is InChI=1S/C15H19NO2/c1-11(2)14(10-16)15(17)9-6-12-4-7-13(18-3)8-5-12/h4-5,7-8,11,14H,6,9H2,1-3H3. The van der Waals surface area contributed by atoms with Gasteiger partial charge in [0.05, 0.1) is 13.2 Å². The van der Waals surface area contributed by atoms with Gasteiger partial charge < -0.3 is 4.74 Å². The fraction of sp³-hybridized carbons (Fsp3) is 0.467. The maximum absolute atomic E-state index is 11.9. The lowest BCUT2D eigenvalue weighted by Gasteiger charge is -2.11. The second kappa shape index (κ2) is 6.80. The molecule has 1 atom stereocenters. The molecule has 0 saturated heterocycles. The minimum absolute atomic E-state index is 0.0309. The molecule has 3 heteroatoms. The van der Waals surface area contributed by atoms with Crippen LogP contribution in [0.2, 0.25) is 0 Å². The molecule has 0 bridgehead atoms. The highest BCUT2D eigenvalue weighted by atomic mass is 16.5. The molecule has 1 rings (SSSR count). The topological polar surface area (TPSA) is 50.1 Å². The molecule has 0 saturated carbocycles. The highest BCUT2D eigenvalue weighted by molar-refractivity contribution is 5.83. The third-order valence-corrected chi connectivity index (χ3v) is 2.97. The Bertz CT molecular complexity index is 429. The third kappa shape index (κ3) is 3.89. The Morgan fingerprint density at radius 1 is 1.33 bits per heavy atom. The second-order valence-corrected chi connectivity index (χ2v) is 4.67. The van der Waals surface area contributed by atoms with Crippen LogP contribution in [0.5, 0.6) is 5.75 Å². The van der Waals surface area contributed by atoms with Crippen LogP contribution in [-0.2, 0) is 11.2 Å². The van der Waals surface area contributed by atoms with E-state index in [-0.39, 0.29) is 11.7 Å². The van der Waals surface area contributed by atoms with E-state index in [9.17, 15) is 4.79 Å². The van der Waals surface area contributed by atoms with Crippen molar-refractivity contribution in [3.63, 3.8) is 0 Å². The van der Waals surface area contributed by atoms with Gasteiger partial charge in [-0.05, 0) is 30.0 Å². The Kier molecular flexibility index (Phi) is 5.38. The average molecular weight is 245 g/mol. The van der Waals surface area contributed by atoms with Gasteiger partial charge in [0.15, 0.2) is 5.78 Å². The summed E-state index contributed by atoms with van der Waals surface area (Å²) in [5.41, 5.74) is 1.09. The van der Waals surface area contributed by atoms with Crippen LogP contribution in [0.4, 0.5) is 0 Å². The first-order valence-electron chi connectivity index (χ1n) is 6.13. The van der Waals surface area contributed by atoms with E-state index in [1.807, 2.05) is 38.1 Å². The Morgan fingerprint density at radius 2 is 1.94 bits per heavy atom. The van der Waals surface area contributed by atoms with E-state index < -0.39 is 5.92 Å². The number of nitriles is 1. The van der Waals surface area contributed by atoms with Crippen molar-refractivity contribution in [3.05, 3.63) is 29.8 Å². The molecule has 1 aromatic carbocycles. The van der Waals surface area contributed by atoms with E-state index >= 15 is 0 Å². The van der Waals surface area contributed by atoms with E-state index in [0.717, 1.165) is 11.3 Å². The van der Waals surface area contributed by atoms with Gasteiger partial charge >= 0.3 is 0 Å². The van der Waals surface area contributed by atoms with Crippen LogP contribution in [0.15, 0.2) is 24.3 Å². The van der Waals surface area contributed by atoms with Crippen molar-refractivity contribution < 1.29 is 9.53 Å². The Labute approximate surface area is 108 Å². The first-order valence-corrected chi connectivity index (χ1v) is 6.13. The second-order valence-electron chi connectivity index (χ2n) is 4.67. The summed E-state index contributed by atoms with van der Waals surface area (Å²) in [4.78, 5) is 11.9. The zero-order valence-electron chi connectivity index (χ0n) is 11.1. The Balaban J connectivity index is 2.54. The SMILES string of the molecule is COc1ccc(CCC(=O)C(C#N)C(C)C)cc1. The fourth-order valence-electron chi connectivity index (χ4n) is 1.81. The van der Waals surface area contributed by atoms with Gasteiger partial charge in [-0.2, -0.15) is 5.26 Å². The molecule has 1 unspecified atom stereocenters. The van der Waals surface area contributed by atoms with Gasteiger partial charge in [-0.25, -0.2) is 0 Å². The number of aryl methyl sites for hydroxylation is 1. The summed E-state index contributed by atoms with van der Waals surface area (Å²) in [6, 6.07) is 9.74. The normalized spacial score (nSPS) is 11.9. The molecule has 0 aromatic heterocycles. The van der Waals surface area contributed by atoms with E-state index in [1.165, 1.54) is 0 Å². The minimum atomic E-state index is -0.483. The smallest absolute Gasteiger partial charge is 0.150 e. The first-order chi connectivity index (χ1) is 8.58. The van der Waals surface area contributed by atoms with Gasteiger partial charge in [-0.1, -0.05) is 26.0 Å². The maximum atomic E-state index is 11.9. The molecule has 0 aliphatic rings. The van der Waals surface area contributed by atoms with Crippen LogP contribution >= 0.6 is 0 Å². The number of hydrogen-bond acceptors (Lipinski definition) is 3. The molecule has 0 heterocycles. The summed E-state index contributed by atoms with van der Waals surface area (Å²) >= 11 is 0. The van der Waals surface area contributed by atoms with Gasteiger partial charge in [0.25, 0.3) is 0 Å². The van der Waals surface area contributed by atoms with Crippen LogP contribution in [0.1, 0.15) is 25.8 Å². The number of rotatable bonds is 6. The molecular weight excluding hydrogens is 226 g/mol. The first kappa shape index (κ1) is 14.2. The molecule has 0 radical (unpaired) electrons. The lowest BCUT2D eigenvalue weighted by atomic mass is 9.90. The van der Waals surface area contributed by atoms with Crippen molar-refractivity contribution in [2.45, 2.75) is 26.7 Å². The van der Waals surface area contributed by atoms with Gasteiger partial charge in [-0.15, -0.1) is 0 Å². The summed E-state index contributed by atoms with van der Waals surface area (Å²) in [5, 5.41) is 8.94. The molecule has 0 aliphatic heterocycles. The Hall–Kier alpha value is -1.82. The lowest BCUT2D eigenvalue weighted by Crippen LogP contribution is -2.18. The molecule has 1 aromatic rings. The Morgan fingerprint density at radius 3 is 2.39 bits per heavy atom. The summed E-state index contributed by atoms with van der Waals surface area (Å²) in [5.74, 6) is 0.437. The molecule has 3 nitrogen and oxygen atoms in total. The minimum Gasteiger partial charge on any atom is -0.497 e. The molecule has 0 spiro atoms. The van der Waals surface area contributed by atoms with E-state index in [4.69, 9.17) is 10.00 Å². The van der Waals surface area contributed by atoms with E-state index in [0.29, 0.717) is 12.8 Å². The molecule has 0 fully saturated rings. The van der Waals surface area contributed by atoms with Crippen LogP contribution in [-0.4, -0.2) is 12.9 Å². The predicted octanol–water partition coefficient (Wildman–Crippen LogP) is 2.99. The number of hydrogen-bond donors (Lipinski definition) is 0. The highest BCUT2D eigenvalue weighted by Gasteiger charge is 2.20. The molecular formula is C15H19NO2. The number of methoxy groups -OCH3 is 1. The summed E-state index contributed by atoms with van der Waals surface area (Å²) in [7, 11) is 1.62. The van der Waals surface area contributed by atoms with Crippen LogP contribution in [0.25, 0.3) is 0 Å². The molecule has 0 aliphatic carbocycles. The maximum Gasteiger partial charge on any atom is 0.150 e. The van der Waals surface area contributed by atoms with Gasteiger partial charge in [0.2, 0.25) is 0 Å². The lowest BCUT2D eigenvalue weighted by molar-refractivity contribution is -0.122. The largest absolute Gasteiger partial charge is 0.497 e. The van der Waals surface area contributed by atoms with E-state index in [1.54, 1.807) is 7.11 Å². The van der Waals surface area contributed by atoms with Crippen LogP contribution in [0.3, 0.4) is 0 Å². The number of Topliss-reactive ketones (excluding diaryl/α,β-unsaturated/α-hetero) is 1. The van der Waals surface area contributed by atoms with Crippen LogP contribution in [0, 0.1) is 23.2 Å². The number of benzene rings is 1. The summed E-state index contributed by atoms with van der Waals surface area (Å²) in [6.45, 7) is 3.80. The van der Waals surface area contributed by atoms with E-state index in [2.05, 4.69) is 6.07 Å². The highest BCUT2D eigenvalue weighted by Crippen LogP contribution is 2.16. The number of ether oxygens (including phenoxy) is 1. The summed E-state index contributed by atoms with van der Waals surface area (Å²) < 4.78 is 5.07. The zero-order valence-corrected chi connectivity index (χ0v) is 11.1. The van der Waals surface area contributed by atoms with Crippen molar-refractivity contribution in [2.24, 2.45) is 11.8 Å². The van der Waals surface area contributed by atoms with Crippen molar-refractivity contribution >= 4 is 5.78 Å². The number of carbonyl (C=O) groups is 1. The van der Waals surface area contributed by atoms with Gasteiger partial charge in [0, 0.05) is 6.42 Å². The molecule has 96 valence electrons. The number of nitrogens with zero attached hydrogens (tertiary/aromatic N) is 1. The zero-order chi connectivity index (χ0) is 13.5. The average Bonchev–Trinajstić information content (AvgIpc) is 2.37. The van der Waals surface area contributed by atoms with Gasteiger partial charge in [-0.3, -0.25) is 4.79 Å². The van der Waals surface area contributed by atoms with Gasteiger partial charge in [0.1, 0.15) is 11.7 Å².